The fourth-order valence-corrected chi connectivity index (χ4v) is 4.35. The van der Waals surface area contributed by atoms with Gasteiger partial charge in [0.05, 0.1) is 0 Å². The summed E-state index contributed by atoms with van der Waals surface area (Å²) in [5.74, 6) is 1.17. The number of carbonyl (C=O) groups is 1. The van der Waals surface area contributed by atoms with E-state index in [0.29, 0.717) is 0 Å². The summed E-state index contributed by atoms with van der Waals surface area (Å²) in [6.45, 7) is 16.6. The maximum atomic E-state index is 11.5. The minimum Gasteiger partial charge on any atom is -0.369 e. The molecule has 1 amide bonds. The molecule has 172 valence electrons. The molecule has 2 heterocycles. The highest BCUT2D eigenvalue weighted by molar-refractivity contribution is 5.80. The maximum absolute atomic E-state index is 11.5. The number of aryl methyl sites for hydroxylation is 1. The topological polar surface area (TPSA) is 54.4 Å². The van der Waals surface area contributed by atoms with E-state index >= 15 is 0 Å². The number of unbranched alkanes of at least 4 members (excludes halogenated alkanes) is 1. The SMILES string of the molecule is CCNC(=NCCCCN1CCN(c2cccc(C)c2)CC1)N1CCN(C(C)=O)CC1. The van der Waals surface area contributed by atoms with Crippen molar-refractivity contribution in [1.29, 1.82) is 0 Å². The van der Waals surface area contributed by atoms with E-state index in [1.54, 1.807) is 6.92 Å². The first-order valence-electron chi connectivity index (χ1n) is 11.9. The Balaban J connectivity index is 1.35. The Bertz CT molecular complexity index is 721. The number of piperazine rings is 2. The van der Waals surface area contributed by atoms with Gasteiger partial charge in [-0.3, -0.25) is 14.7 Å². The van der Waals surface area contributed by atoms with E-state index in [-0.39, 0.29) is 5.91 Å². The first-order chi connectivity index (χ1) is 15.1. The Morgan fingerprint density at radius 3 is 2.35 bits per heavy atom. The molecule has 7 nitrogen and oxygen atoms in total. The van der Waals surface area contributed by atoms with E-state index in [4.69, 9.17) is 4.99 Å². The van der Waals surface area contributed by atoms with Crippen LogP contribution in [0.2, 0.25) is 0 Å². The summed E-state index contributed by atoms with van der Waals surface area (Å²) < 4.78 is 0. The Labute approximate surface area is 188 Å². The first kappa shape index (κ1) is 23.4. The van der Waals surface area contributed by atoms with Gasteiger partial charge in [-0.2, -0.15) is 0 Å². The van der Waals surface area contributed by atoms with Gasteiger partial charge in [0, 0.05) is 78.1 Å². The number of hydrogen-bond acceptors (Lipinski definition) is 4. The third kappa shape index (κ3) is 7.13. The number of benzene rings is 1. The van der Waals surface area contributed by atoms with Crippen LogP contribution in [0.25, 0.3) is 0 Å². The van der Waals surface area contributed by atoms with Gasteiger partial charge in [-0.25, -0.2) is 0 Å². The summed E-state index contributed by atoms with van der Waals surface area (Å²) in [5.41, 5.74) is 2.69. The van der Waals surface area contributed by atoms with Crippen molar-refractivity contribution < 1.29 is 4.79 Å². The summed E-state index contributed by atoms with van der Waals surface area (Å²) >= 11 is 0. The maximum Gasteiger partial charge on any atom is 0.219 e. The predicted molar refractivity (Wildman–Crippen MR) is 129 cm³/mol. The van der Waals surface area contributed by atoms with Crippen LogP contribution in [-0.4, -0.2) is 98.6 Å². The lowest BCUT2D eigenvalue weighted by Crippen LogP contribution is -2.53. The van der Waals surface area contributed by atoms with Crippen molar-refractivity contribution in [2.45, 2.75) is 33.6 Å². The van der Waals surface area contributed by atoms with Crippen LogP contribution in [0.1, 0.15) is 32.3 Å². The summed E-state index contributed by atoms with van der Waals surface area (Å²) in [4.78, 5) is 25.7. The molecular formula is C24H40N6O. The minimum atomic E-state index is 0.168. The summed E-state index contributed by atoms with van der Waals surface area (Å²) in [7, 11) is 0. The van der Waals surface area contributed by atoms with E-state index < -0.39 is 0 Å². The molecule has 1 N–H and O–H groups in total. The summed E-state index contributed by atoms with van der Waals surface area (Å²) in [6.07, 6.45) is 2.30. The number of guanidine groups is 1. The molecule has 0 saturated carbocycles. The number of hydrogen-bond donors (Lipinski definition) is 1. The highest BCUT2D eigenvalue weighted by Gasteiger charge is 2.21. The fraction of sp³-hybridized carbons (Fsp3) is 0.667. The van der Waals surface area contributed by atoms with Crippen LogP contribution < -0.4 is 10.2 Å². The van der Waals surface area contributed by atoms with Gasteiger partial charge in [0.15, 0.2) is 5.96 Å². The van der Waals surface area contributed by atoms with E-state index in [1.165, 1.54) is 17.7 Å². The normalized spacial score (nSPS) is 18.4. The van der Waals surface area contributed by atoms with Gasteiger partial charge in [-0.15, -0.1) is 0 Å². The highest BCUT2D eigenvalue weighted by atomic mass is 16.2. The number of rotatable bonds is 7. The largest absolute Gasteiger partial charge is 0.369 e. The molecule has 0 radical (unpaired) electrons. The molecule has 0 bridgehead atoms. The highest BCUT2D eigenvalue weighted by Crippen LogP contribution is 2.18. The third-order valence-corrected chi connectivity index (χ3v) is 6.24. The van der Waals surface area contributed by atoms with Crippen molar-refractivity contribution in [3.8, 4) is 0 Å². The first-order valence-corrected chi connectivity index (χ1v) is 11.9. The van der Waals surface area contributed by atoms with Gasteiger partial charge in [0.2, 0.25) is 5.91 Å². The fourth-order valence-electron chi connectivity index (χ4n) is 4.35. The molecule has 0 spiro atoms. The molecular weight excluding hydrogens is 388 g/mol. The number of nitrogens with zero attached hydrogens (tertiary/aromatic N) is 5. The van der Waals surface area contributed by atoms with Crippen molar-refractivity contribution in [3.63, 3.8) is 0 Å². The van der Waals surface area contributed by atoms with Crippen LogP contribution in [-0.2, 0) is 4.79 Å². The molecule has 0 atom stereocenters. The smallest absolute Gasteiger partial charge is 0.219 e. The predicted octanol–water partition coefficient (Wildman–Crippen LogP) is 2.03. The monoisotopic (exact) mass is 428 g/mol. The molecule has 2 saturated heterocycles. The van der Waals surface area contributed by atoms with Gasteiger partial charge in [0.1, 0.15) is 0 Å². The Kier molecular flexibility index (Phi) is 9.00. The average molecular weight is 429 g/mol. The van der Waals surface area contributed by atoms with Gasteiger partial charge in [0.25, 0.3) is 0 Å². The van der Waals surface area contributed by atoms with E-state index in [9.17, 15) is 4.79 Å². The number of amides is 1. The molecule has 1 aromatic carbocycles. The molecule has 1 aromatic rings. The molecule has 3 rings (SSSR count). The standard InChI is InChI=1S/C24H40N6O/c1-4-25-24(30-18-16-28(17-19-30)22(3)31)26-10-5-6-11-27-12-14-29(15-13-27)23-9-7-8-21(2)20-23/h7-9,20H,4-6,10-19H2,1-3H3,(H,25,26). The van der Waals surface area contributed by atoms with E-state index in [2.05, 4.69) is 58.1 Å². The van der Waals surface area contributed by atoms with Gasteiger partial charge >= 0.3 is 0 Å². The lowest BCUT2D eigenvalue weighted by atomic mass is 10.2. The molecule has 2 fully saturated rings. The zero-order valence-corrected chi connectivity index (χ0v) is 19.6. The number of aliphatic imine (C=N–C) groups is 1. The van der Waals surface area contributed by atoms with Gasteiger partial charge < -0.3 is 20.0 Å². The third-order valence-electron chi connectivity index (χ3n) is 6.24. The second-order valence-corrected chi connectivity index (χ2v) is 8.60. The van der Waals surface area contributed by atoms with Crippen LogP contribution >= 0.6 is 0 Å². The van der Waals surface area contributed by atoms with Crippen LogP contribution in [0.15, 0.2) is 29.3 Å². The molecule has 2 aliphatic heterocycles. The lowest BCUT2D eigenvalue weighted by molar-refractivity contribution is -0.130. The molecule has 0 unspecified atom stereocenters. The molecule has 7 heteroatoms. The zero-order chi connectivity index (χ0) is 22.1. The number of carbonyl (C=O) groups excluding carboxylic acids is 1. The second kappa shape index (κ2) is 11.9. The van der Waals surface area contributed by atoms with Crippen LogP contribution in [0, 0.1) is 6.92 Å². The van der Waals surface area contributed by atoms with E-state index in [0.717, 1.165) is 84.4 Å². The second-order valence-electron chi connectivity index (χ2n) is 8.60. The van der Waals surface area contributed by atoms with Crippen molar-refractivity contribution in [1.82, 2.24) is 20.0 Å². The van der Waals surface area contributed by atoms with Crippen LogP contribution in [0.5, 0.6) is 0 Å². The van der Waals surface area contributed by atoms with Crippen LogP contribution in [0.3, 0.4) is 0 Å². The Morgan fingerprint density at radius 2 is 1.71 bits per heavy atom. The molecule has 0 aliphatic carbocycles. The lowest BCUT2D eigenvalue weighted by Gasteiger charge is -2.36. The van der Waals surface area contributed by atoms with E-state index in [1.807, 2.05) is 4.90 Å². The van der Waals surface area contributed by atoms with Crippen molar-refractivity contribution in [2.75, 3.05) is 76.9 Å². The Morgan fingerprint density at radius 1 is 1.00 bits per heavy atom. The molecule has 2 aliphatic rings. The summed E-state index contributed by atoms with van der Waals surface area (Å²) in [6, 6.07) is 8.83. The molecule has 0 aromatic heterocycles. The van der Waals surface area contributed by atoms with Gasteiger partial charge in [-0.1, -0.05) is 12.1 Å². The van der Waals surface area contributed by atoms with Gasteiger partial charge in [-0.05, 0) is 50.9 Å². The summed E-state index contributed by atoms with van der Waals surface area (Å²) in [5, 5.41) is 3.42. The van der Waals surface area contributed by atoms with Crippen molar-refractivity contribution >= 4 is 17.6 Å². The Hall–Kier alpha value is -2.28. The number of nitrogens with one attached hydrogen (secondary N) is 1. The average Bonchev–Trinajstić information content (AvgIpc) is 2.78. The van der Waals surface area contributed by atoms with Crippen molar-refractivity contribution in [2.24, 2.45) is 4.99 Å². The van der Waals surface area contributed by atoms with Crippen LogP contribution in [0.4, 0.5) is 5.69 Å². The number of anilines is 1. The minimum absolute atomic E-state index is 0.168. The quantitative estimate of drug-likeness (QED) is 0.409. The van der Waals surface area contributed by atoms with Crippen molar-refractivity contribution in [3.05, 3.63) is 29.8 Å². The zero-order valence-electron chi connectivity index (χ0n) is 19.6. The molecule has 31 heavy (non-hydrogen) atoms.